The topological polar surface area (TPSA) is 61.3 Å². The quantitative estimate of drug-likeness (QED) is 0.881. The first-order valence-electron chi connectivity index (χ1n) is 6.10. The molecule has 2 rings (SSSR count). The van der Waals surface area contributed by atoms with Gasteiger partial charge >= 0.3 is 0 Å². The molecule has 0 radical (unpaired) electrons. The molecule has 1 aromatic heterocycles. The Labute approximate surface area is 107 Å². The van der Waals surface area contributed by atoms with Gasteiger partial charge in [-0.05, 0) is 19.4 Å². The van der Waals surface area contributed by atoms with Crippen LogP contribution in [-0.2, 0) is 6.61 Å². The molecule has 4 heteroatoms. The number of aromatic nitrogens is 1. The molecule has 0 bridgehead atoms. The lowest BCUT2D eigenvalue weighted by molar-refractivity contribution is 0.246. The largest absolute Gasteiger partial charge is 0.485 e. The van der Waals surface area contributed by atoms with Gasteiger partial charge in [0.1, 0.15) is 12.4 Å². The highest BCUT2D eigenvalue weighted by Gasteiger charge is 2.10. The third kappa shape index (κ3) is 2.90. The molecule has 0 unspecified atom stereocenters. The molecule has 1 heterocycles. The minimum atomic E-state index is -0.00216. The van der Waals surface area contributed by atoms with E-state index in [-0.39, 0.29) is 6.04 Å². The fraction of sp³-hybridized carbons (Fsp3) is 0.357. The molecule has 4 nitrogen and oxygen atoms in total. The van der Waals surface area contributed by atoms with Crippen LogP contribution in [0.5, 0.6) is 5.75 Å². The van der Waals surface area contributed by atoms with Gasteiger partial charge in [0.05, 0.1) is 5.69 Å². The Morgan fingerprint density at radius 3 is 2.83 bits per heavy atom. The minimum absolute atomic E-state index is 0.00216. The summed E-state index contributed by atoms with van der Waals surface area (Å²) in [6.07, 6.45) is 0.877. The third-order valence-corrected chi connectivity index (χ3v) is 2.81. The molecule has 96 valence electrons. The molecular weight excluding hydrogens is 228 g/mol. The van der Waals surface area contributed by atoms with E-state index in [9.17, 15) is 0 Å². The Balaban J connectivity index is 2.09. The van der Waals surface area contributed by atoms with Crippen LogP contribution in [0.3, 0.4) is 0 Å². The lowest BCUT2D eigenvalue weighted by Crippen LogP contribution is -2.10. The normalized spacial score (nSPS) is 12.4. The summed E-state index contributed by atoms with van der Waals surface area (Å²) in [6.45, 7) is 4.31. The highest BCUT2D eigenvalue weighted by atomic mass is 16.5. The zero-order valence-corrected chi connectivity index (χ0v) is 10.7. The van der Waals surface area contributed by atoms with Crippen molar-refractivity contribution < 1.29 is 9.26 Å². The van der Waals surface area contributed by atoms with Crippen molar-refractivity contribution in [3.05, 3.63) is 47.3 Å². The average Bonchev–Trinajstić information content (AvgIpc) is 2.81. The van der Waals surface area contributed by atoms with E-state index in [0.717, 1.165) is 23.4 Å². The summed E-state index contributed by atoms with van der Waals surface area (Å²) in [5.41, 5.74) is 7.93. The Morgan fingerprint density at radius 1 is 1.39 bits per heavy atom. The van der Waals surface area contributed by atoms with Gasteiger partial charge in [-0.15, -0.1) is 0 Å². The molecule has 1 aromatic carbocycles. The fourth-order valence-corrected chi connectivity index (χ4v) is 1.77. The van der Waals surface area contributed by atoms with E-state index in [1.807, 2.05) is 37.3 Å². The van der Waals surface area contributed by atoms with E-state index in [1.54, 1.807) is 0 Å². The van der Waals surface area contributed by atoms with Crippen LogP contribution in [0.2, 0.25) is 0 Å². The Morgan fingerprint density at radius 2 is 2.17 bits per heavy atom. The Hall–Kier alpha value is -1.81. The SMILES string of the molecule is CC[C@@H](N)c1ccccc1OCc1cc(C)no1. The van der Waals surface area contributed by atoms with E-state index in [2.05, 4.69) is 12.1 Å². The highest BCUT2D eigenvalue weighted by Crippen LogP contribution is 2.26. The smallest absolute Gasteiger partial charge is 0.174 e. The van der Waals surface area contributed by atoms with E-state index in [0.29, 0.717) is 12.4 Å². The van der Waals surface area contributed by atoms with Crippen molar-refractivity contribution in [2.45, 2.75) is 32.9 Å². The van der Waals surface area contributed by atoms with Crippen molar-refractivity contribution in [1.29, 1.82) is 0 Å². The number of nitrogens with zero attached hydrogens (tertiary/aromatic N) is 1. The molecule has 0 aliphatic carbocycles. The first-order chi connectivity index (χ1) is 8.70. The van der Waals surface area contributed by atoms with Gasteiger partial charge in [0.15, 0.2) is 5.76 Å². The molecule has 2 aromatic rings. The van der Waals surface area contributed by atoms with Crippen molar-refractivity contribution in [3.63, 3.8) is 0 Å². The summed E-state index contributed by atoms with van der Waals surface area (Å²) in [4.78, 5) is 0. The molecule has 0 amide bonds. The van der Waals surface area contributed by atoms with Gasteiger partial charge in [0, 0.05) is 17.7 Å². The van der Waals surface area contributed by atoms with Crippen LogP contribution >= 0.6 is 0 Å². The molecule has 0 spiro atoms. The van der Waals surface area contributed by atoms with Crippen LogP contribution in [0.15, 0.2) is 34.9 Å². The van der Waals surface area contributed by atoms with Gasteiger partial charge in [-0.3, -0.25) is 0 Å². The van der Waals surface area contributed by atoms with Crippen molar-refractivity contribution in [1.82, 2.24) is 5.16 Å². The maximum atomic E-state index is 6.05. The highest BCUT2D eigenvalue weighted by molar-refractivity contribution is 5.35. The van der Waals surface area contributed by atoms with Gasteiger partial charge in [0.25, 0.3) is 0 Å². The Bertz CT molecular complexity index is 508. The van der Waals surface area contributed by atoms with Crippen molar-refractivity contribution in [3.8, 4) is 5.75 Å². The fourth-order valence-electron chi connectivity index (χ4n) is 1.77. The van der Waals surface area contributed by atoms with Crippen LogP contribution in [-0.4, -0.2) is 5.16 Å². The first kappa shape index (κ1) is 12.6. The second-order valence-electron chi connectivity index (χ2n) is 4.28. The van der Waals surface area contributed by atoms with Crippen LogP contribution in [0, 0.1) is 6.92 Å². The lowest BCUT2D eigenvalue weighted by Gasteiger charge is -2.14. The summed E-state index contributed by atoms with van der Waals surface area (Å²) >= 11 is 0. The predicted molar refractivity (Wildman–Crippen MR) is 69.2 cm³/mol. The van der Waals surface area contributed by atoms with Crippen molar-refractivity contribution in [2.75, 3.05) is 0 Å². The second kappa shape index (κ2) is 5.69. The number of nitrogens with two attached hydrogens (primary N) is 1. The maximum Gasteiger partial charge on any atom is 0.174 e. The van der Waals surface area contributed by atoms with Gasteiger partial charge in [0.2, 0.25) is 0 Å². The number of ether oxygens (including phenoxy) is 1. The predicted octanol–water partition coefficient (Wildman–Crippen LogP) is 2.97. The van der Waals surface area contributed by atoms with Crippen LogP contribution in [0.1, 0.15) is 36.4 Å². The summed E-state index contributed by atoms with van der Waals surface area (Å²) < 4.78 is 10.9. The number of para-hydroxylation sites is 1. The maximum absolute atomic E-state index is 6.05. The van der Waals surface area contributed by atoms with Gasteiger partial charge in [-0.1, -0.05) is 30.3 Å². The Kier molecular flexibility index (Phi) is 3.99. The van der Waals surface area contributed by atoms with Crippen molar-refractivity contribution >= 4 is 0 Å². The van der Waals surface area contributed by atoms with E-state index >= 15 is 0 Å². The molecular formula is C14H18N2O2. The molecule has 18 heavy (non-hydrogen) atoms. The lowest BCUT2D eigenvalue weighted by atomic mass is 10.0. The van der Waals surface area contributed by atoms with Crippen molar-refractivity contribution in [2.24, 2.45) is 5.73 Å². The molecule has 0 aliphatic rings. The number of rotatable bonds is 5. The molecule has 0 saturated carbocycles. The molecule has 0 fully saturated rings. The monoisotopic (exact) mass is 246 g/mol. The summed E-state index contributed by atoms with van der Waals surface area (Å²) in [6, 6.07) is 9.69. The van der Waals surface area contributed by atoms with E-state index in [1.165, 1.54) is 0 Å². The number of hydrogen-bond donors (Lipinski definition) is 1. The van der Waals surface area contributed by atoms with Gasteiger partial charge < -0.3 is 15.0 Å². The summed E-state index contributed by atoms with van der Waals surface area (Å²) in [5.74, 6) is 1.52. The zero-order valence-electron chi connectivity index (χ0n) is 10.7. The van der Waals surface area contributed by atoms with Crippen LogP contribution < -0.4 is 10.5 Å². The zero-order chi connectivity index (χ0) is 13.0. The molecule has 1 atom stereocenters. The molecule has 2 N–H and O–H groups in total. The number of hydrogen-bond acceptors (Lipinski definition) is 4. The third-order valence-electron chi connectivity index (χ3n) is 2.81. The molecule has 0 saturated heterocycles. The first-order valence-corrected chi connectivity index (χ1v) is 6.10. The van der Waals surface area contributed by atoms with Crippen LogP contribution in [0.4, 0.5) is 0 Å². The van der Waals surface area contributed by atoms with Gasteiger partial charge in [-0.25, -0.2) is 0 Å². The van der Waals surface area contributed by atoms with Crippen LogP contribution in [0.25, 0.3) is 0 Å². The second-order valence-corrected chi connectivity index (χ2v) is 4.28. The summed E-state index contributed by atoms with van der Waals surface area (Å²) in [7, 11) is 0. The van der Waals surface area contributed by atoms with Gasteiger partial charge in [-0.2, -0.15) is 0 Å². The minimum Gasteiger partial charge on any atom is -0.485 e. The van der Waals surface area contributed by atoms with E-state index < -0.39 is 0 Å². The number of benzene rings is 1. The number of aryl methyl sites for hydroxylation is 1. The molecule has 0 aliphatic heterocycles. The van der Waals surface area contributed by atoms with E-state index in [4.69, 9.17) is 15.0 Å². The standard InChI is InChI=1S/C14H18N2O2/c1-3-13(15)12-6-4-5-7-14(12)17-9-11-8-10(2)16-18-11/h4-8,13H,3,9,15H2,1-2H3/t13-/m1/s1. The average molecular weight is 246 g/mol. The summed E-state index contributed by atoms with van der Waals surface area (Å²) in [5, 5.41) is 3.82.